The van der Waals surface area contributed by atoms with Gasteiger partial charge >= 0.3 is 23.9 Å². The number of rotatable bonds is 33. The summed E-state index contributed by atoms with van der Waals surface area (Å²) >= 11 is 0. The van der Waals surface area contributed by atoms with Crippen LogP contribution in [0.3, 0.4) is 0 Å². The van der Waals surface area contributed by atoms with Crippen LogP contribution < -0.4 is 10.4 Å². The van der Waals surface area contributed by atoms with Crippen molar-refractivity contribution in [3.63, 3.8) is 0 Å². The first-order valence-corrected chi connectivity index (χ1v) is 27.1. The number of unbranched alkanes of at least 4 members (excludes halogenated alkanes) is 16. The second-order valence-corrected chi connectivity index (χ2v) is 23.1. The van der Waals surface area contributed by atoms with Gasteiger partial charge in [0.05, 0.1) is 13.2 Å². The first-order valence-electron chi connectivity index (χ1n) is 25.2. The zero-order valence-corrected chi connectivity index (χ0v) is 42.6. The Kier molecular flexibility index (Phi) is 27.4. The molecule has 1 aliphatic heterocycles. The molecule has 0 aliphatic carbocycles. The maximum absolute atomic E-state index is 13.6. The van der Waals surface area contributed by atoms with Gasteiger partial charge in [0.2, 0.25) is 0 Å². The molecule has 1 fully saturated rings. The summed E-state index contributed by atoms with van der Waals surface area (Å²) in [5.74, 6) is -2.27. The maximum atomic E-state index is 13.6. The SMILES string of the molecule is CCCCCCCCCCCC(=O)O[C@@H]1[C@H](OC(=O)CCCCCCCCCCC)[C@@H](OC/C=C\CO[Si](c2ccccc2)(c2ccccc2)C(C)(C)C)O[C@H](COC(C)=O)[C@H]1OC(C)=O. The molecule has 0 amide bonds. The van der Waals surface area contributed by atoms with Crippen molar-refractivity contribution in [2.45, 2.75) is 213 Å². The Morgan fingerprint density at radius 1 is 0.561 bits per heavy atom. The Morgan fingerprint density at radius 3 is 1.44 bits per heavy atom. The van der Waals surface area contributed by atoms with Crippen LogP contribution in [-0.4, -0.2) is 82.7 Å². The summed E-state index contributed by atoms with van der Waals surface area (Å²) in [7, 11) is -2.80. The minimum atomic E-state index is -2.80. The van der Waals surface area contributed by atoms with E-state index in [1.165, 1.54) is 78.1 Å². The Hall–Kier alpha value is -3.84. The van der Waals surface area contributed by atoms with E-state index in [-0.39, 0.29) is 31.1 Å². The average Bonchev–Trinajstić information content (AvgIpc) is 3.28. The molecule has 0 radical (unpaired) electrons. The van der Waals surface area contributed by atoms with E-state index in [4.69, 9.17) is 32.8 Å². The smallest absolute Gasteiger partial charge is 0.306 e. The Bertz CT molecular complexity index is 1640. The van der Waals surface area contributed by atoms with E-state index < -0.39 is 62.9 Å². The fourth-order valence-electron chi connectivity index (χ4n) is 8.74. The molecule has 66 heavy (non-hydrogen) atoms. The fourth-order valence-corrected chi connectivity index (χ4v) is 13.2. The first kappa shape index (κ1) is 56.5. The average molecular weight is 937 g/mol. The van der Waals surface area contributed by atoms with Crippen LogP contribution in [0.1, 0.15) is 177 Å². The van der Waals surface area contributed by atoms with Gasteiger partial charge in [-0.2, -0.15) is 0 Å². The topological polar surface area (TPSA) is 133 Å². The second kappa shape index (κ2) is 32.0. The van der Waals surface area contributed by atoms with Crippen LogP contribution >= 0.6 is 0 Å². The lowest BCUT2D eigenvalue weighted by atomic mass is 9.98. The number of carbonyl (C=O) groups excluding carboxylic acids is 4. The highest BCUT2D eigenvalue weighted by atomic mass is 28.4. The minimum absolute atomic E-state index is 0.0126. The van der Waals surface area contributed by atoms with Gasteiger partial charge in [-0.15, -0.1) is 0 Å². The molecule has 12 heteroatoms. The van der Waals surface area contributed by atoms with Gasteiger partial charge in [0, 0.05) is 26.7 Å². The van der Waals surface area contributed by atoms with Crippen molar-refractivity contribution in [3.8, 4) is 0 Å². The minimum Gasteiger partial charge on any atom is -0.463 e. The largest absolute Gasteiger partial charge is 0.463 e. The summed E-state index contributed by atoms with van der Waals surface area (Å²) in [5, 5.41) is 2.11. The number of ether oxygens (including phenoxy) is 6. The zero-order valence-electron chi connectivity index (χ0n) is 41.6. The normalized spacial score (nSPS) is 18.8. The summed E-state index contributed by atoms with van der Waals surface area (Å²) in [6, 6.07) is 20.8. The molecule has 1 aliphatic rings. The standard InChI is InChI=1S/C54H84O11Si/c1-8-10-12-14-16-18-20-22-30-38-48(57)64-51-50(62-44(4)56)47(42-60-43(3)55)63-53(52(51)65-49(58)39-31-23-21-19-17-15-13-11-9-2)59-40-32-33-41-61-66(54(5,6)7,45-34-26-24-27-35-45)46-36-28-25-29-37-46/h24-29,32-37,47,50-53H,8-23,30-31,38-42H2,1-7H3/b33-32-/t47-,50-,51+,52+,53+/m1/s1. The van der Waals surface area contributed by atoms with Gasteiger partial charge in [-0.3, -0.25) is 19.2 Å². The lowest BCUT2D eigenvalue weighted by Crippen LogP contribution is -2.66. The number of carbonyl (C=O) groups is 4. The molecule has 0 aromatic heterocycles. The van der Waals surface area contributed by atoms with Crippen molar-refractivity contribution in [1.29, 1.82) is 0 Å². The highest BCUT2D eigenvalue weighted by Gasteiger charge is 2.53. The monoisotopic (exact) mass is 937 g/mol. The summed E-state index contributed by atoms with van der Waals surface area (Å²) in [6.07, 6.45) is 17.3. The third kappa shape index (κ3) is 20.2. The van der Waals surface area contributed by atoms with E-state index in [9.17, 15) is 19.2 Å². The molecule has 5 atom stereocenters. The predicted molar refractivity (Wildman–Crippen MR) is 263 cm³/mol. The van der Waals surface area contributed by atoms with Crippen molar-refractivity contribution >= 4 is 42.6 Å². The van der Waals surface area contributed by atoms with Crippen molar-refractivity contribution < 1.29 is 52.0 Å². The molecule has 1 saturated heterocycles. The molecular weight excluding hydrogens is 853 g/mol. The number of esters is 4. The summed E-state index contributed by atoms with van der Waals surface area (Å²) < 4.78 is 43.1. The maximum Gasteiger partial charge on any atom is 0.306 e. The fraction of sp³-hybridized carbons (Fsp3) is 0.667. The Labute approximate surface area is 398 Å². The second-order valence-electron chi connectivity index (χ2n) is 18.8. The van der Waals surface area contributed by atoms with E-state index in [1.54, 1.807) is 0 Å². The van der Waals surface area contributed by atoms with Crippen LogP contribution in [-0.2, 0) is 52.0 Å². The van der Waals surface area contributed by atoms with Gasteiger partial charge in [-0.25, -0.2) is 0 Å². The molecule has 11 nitrogen and oxygen atoms in total. The van der Waals surface area contributed by atoms with Crippen LogP contribution in [0.5, 0.6) is 0 Å². The summed E-state index contributed by atoms with van der Waals surface area (Å²) in [4.78, 5) is 51.9. The van der Waals surface area contributed by atoms with E-state index in [2.05, 4.69) is 58.9 Å². The Balaban J connectivity index is 1.83. The van der Waals surface area contributed by atoms with Gasteiger partial charge in [0.15, 0.2) is 24.6 Å². The van der Waals surface area contributed by atoms with Crippen LogP contribution in [0, 0.1) is 0 Å². The van der Waals surface area contributed by atoms with Crippen LogP contribution in [0.15, 0.2) is 72.8 Å². The molecule has 0 bridgehead atoms. The molecule has 0 N–H and O–H groups in total. The van der Waals surface area contributed by atoms with E-state index in [0.29, 0.717) is 19.4 Å². The number of hydrogen-bond donors (Lipinski definition) is 0. The zero-order chi connectivity index (χ0) is 48.0. The van der Waals surface area contributed by atoms with Crippen LogP contribution in [0.4, 0.5) is 0 Å². The van der Waals surface area contributed by atoms with E-state index in [1.807, 2.05) is 48.6 Å². The molecule has 3 rings (SSSR count). The lowest BCUT2D eigenvalue weighted by Gasteiger charge is -2.44. The van der Waals surface area contributed by atoms with Gasteiger partial charge in [-0.05, 0) is 28.3 Å². The molecule has 1 heterocycles. The van der Waals surface area contributed by atoms with Gasteiger partial charge < -0.3 is 32.8 Å². The molecule has 0 spiro atoms. The molecule has 0 saturated carbocycles. The summed E-state index contributed by atoms with van der Waals surface area (Å²) in [6.45, 7) is 13.6. The van der Waals surface area contributed by atoms with Crippen LogP contribution in [0.25, 0.3) is 0 Å². The molecule has 370 valence electrons. The van der Waals surface area contributed by atoms with Crippen molar-refractivity contribution in [3.05, 3.63) is 72.8 Å². The summed E-state index contributed by atoms with van der Waals surface area (Å²) in [5.41, 5.74) is 0. The van der Waals surface area contributed by atoms with Gasteiger partial charge in [0.25, 0.3) is 8.32 Å². The van der Waals surface area contributed by atoms with Crippen molar-refractivity contribution in [1.82, 2.24) is 0 Å². The first-order chi connectivity index (χ1) is 31.8. The van der Waals surface area contributed by atoms with Crippen molar-refractivity contribution in [2.24, 2.45) is 0 Å². The van der Waals surface area contributed by atoms with Crippen molar-refractivity contribution in [2.75, 3.05) is 19.8 Å². The quantitative estimate of drug-likeness (QED) is 0.0223. The lowest BCUT2D eigenvalue weighted by molar-refractivity contribution is -0.306. The highest BCUT2D eigenvalue weighted by molar-refractivity contribution is 6.99. The predicted octanol–water partition coefficient (Wildman–Crippen LogP) is 11.0. The van der Waals surface area contributed by atoms with E-state index in [0.717, 1.165) is 48.9 Å². The third-order valence-electron chi connectivity index (χ3n) is 12.2. The number of hydrogen-bond acceptors (Lipinski definition) is 11. The van der Waals surface area contributed by atoms with Gasteiger partial charge in [-0.1, -0.05) is 210 Å². The van der Waals surface area contributed by atoms with E-state index >= 15 is 0 Å². The third-order valence-corrected chi connectivity index (χ3v) is 17.2. The van der Waals surface area contributed by atoms with Crippen LogP contribution in [0.2, 0.25) is 5.04 Å². The molecule has 2 aromatic rings. The molecule has 2 aromatic carbocycles. The Morgan fingerprint density at radius 2 is 1.00 bits per heavy atom. The molecule has 0 unspecified atom stereocenters. The van der Waals surface area contributed by atoms with Gasteiger partial charge in [0.1, 0.15) is 12.7 Å². The number of benzene rings is 2. The highest BCUT2D eigenvalue weighted by Crippen LogP contribution is 2.37. The molecular formula is C54H84O11Si.